The summed E-state index contributed by atoms with van der Waals surface area (Å²) in [4.78, 5) is 16.5. The lowest BCUT2D eigenvalue weighted by atomic mass is 9.90. The van der Waals surface area contributed by atoms with E-state index in [1.54, 1.807) is 24.3 Å². The summed E-state index contributed by atoms with van der Waals surface area (Å²) in [5.41, 5.74) is -2.92. The Hall–Kier alpha value is -2.49. The summed E-state index contributed by atoms with van der Waals surface area (Å²) in [5, 5.41) is 3.41. The lowest BCUT2D eigenvalue weighted by Crippen LogP contribution is -2.43. The zero-order valence-corrected chi connectivity index (χ0v) is 17.7. The van der Waals surface area contributed by atoms with Crippen molar-refractivity contribution in [2.24, 2.45) is 0 Å². The first kappa shape index (κ1) is 24.2. The molecule has 1 aromatic carbocycles. The monoisotopic (exact) mass is 479 g/mol. The van der Waals surface area contributed by atoms with E-state index in [0.29, 0.717) is 48.4 Å². The van der Waals surface area contributed by atoms with Crippen LogP contribution in [-0.2, 0) is 12.4 Å². The average Bonchev–Trinajstić information content (AvgIpc) is 2.72. The zero-order chi connectivity index (χ0) is 23.7. The molecule has 174 valence electrons. The number of hydrogen-bond donors (Lipinski definition) is 1. The molecule has 3 rings (SSSR count). The van der Waals surface area contributed by atoms with Crippen LogP contribution in [0.15, 0.2) is 36.4 Å². The predicted molar refractivity (Wildman–Crippen MR) is 108 cm³/mol. The molecular formula is C21H20ClF6N3O. The number of halogens is 7. The topological polar surface area (TPSA) is 45.2 Å². The van der Waals surface area contributed by atoms with Crippen LogP contribution in [0.2, 0.25) is 5.02 Å². The van der Waals surface area contributed by atoms with Crippen LogP contribution in [0.5, 0.6) is 0 Å². The standard InChI is InChI=1S/C21H20ClF6N3O/c1-31(16-10-17(20(23,24)25)30-18(11-16)21(26,27)28)15-8-6-14(7-9-15)29-19(32)12-2-4-13(22)5-3-12/h2-5,10-11,14-15H,6-9H2,1H3,(H,29,32)/t14-,15+. The molecule has 1 amide bonds. The quantitative estimate of drug-likeness (QED) is 0.551. The fourth-order valence-corrected chi connectivity index (χ4v) is 3.82. The van der Waals surface area contributed by atoms with Crippen molar-refractivity contribution < 1.29 is 31.1 Å². The Labute approximate surface area is 185 Å². The summed E-state index contributed by atoms with van der Waals surface area (Å²) in [6.45, 7) is 0. The van der Waals surface area contributed by atoms with E-state index in [1.807, 2.05) is 0 Å². The minimum atomic E-state index is -5.00. The molecule has 0 bridgehead atoms. The van der Waals surface area contributed by atoms with Crippen LogP contribution < -0.4 is 10.2 Å². The predicted octanol–water partition coefficient (Wildman–Crippen LogP) is 5.95. The Balaban J connectivity index is 1.68. The number of nitrogens with one attached hydrogen (secondary N) is 1. The van der Waals surface area contributed by atoms with Gasteiger partial charge in [-0.15, -0.1) is 0 Å². The summed E-state index contributed by atoms with van der Waals surface area (Å²) in [5.74, 6) is -0.266. The SMILES string of the molecule is CN(c1cc(C(F)(F)F)nc(C(F)(F)F)c1)[C@H]1CC[C@@H](NC(=O)c2ccc(Cl)cc2)CC1. The second-order valence-corrected chi connectivity index (χ2v) is 8.12. The number of rotatable bonds is 4. The molecular weight excluding hydrogens is 460 g/mol. The van der Waals surface area contributed by atoms with Crippen LogP contribution in [0, 0.1) is 0 Å². The highest BCUT2D eigenvalue weighted by molar-refractivity contribution is 6.30. The van der Waals surface area contributed by atoms with E-state index < -0.39 is 23.7 Å². The molecule has 1 fully saturated rings. The van der Waals surface area contributed by atoms with Crippen LogP contribution in [0.1, 0.15) is 47.4 Å². The number of pyridine rings is 1. The van der Waals surface area contributed by atoms with Gasteiger partial charge < -0.3 is 10.2 Å². The Morgan fingerprint density at radius 3 is 1.94 bits per heavy atom. The maximum absolute atomic E-state index is 13.1. The number of amides is 1. The number of carbonyl (C=O) groups is 1. The molecule has 0 spiro atoms. The molecule has 0 atom stereocenters. The molecule has 0 aliphatic heterocycles. The van der Waals surface area contributed by atoms with Gasteiger partial charge in [-0.1, -0.05) is 11.6 Å². The number of alkyl halides is 6. The Kier molecular flexibility index (Phi) is 6.92. The molecule has 11 heteroatoms. The number of hydrogen-bond acceptors (Lipinski definition) is 3. The van der Waals surface area contributed by atoms with Crippen molar-refractivity contribution in [2.75, 3.05) is 11.9 Å². The second kappa shape index (κ2) is 9.17. The first-order valence-electron chi connectivity index (χ1n) is 9.80. The van der Waals surface area contributed by atoms with Crippen molar-refractivity contribution in [1.82, 2.24) is 10.3 Å². The molecule has 4 nitrogen and oxygen atoms in total. The first-order chi connectivity index (χ1) is 14.8. The van der Waals surface area contributed by atoms with Crippen LogP contribution in [0.4, 0.5) is 32.0 Å². The second-order valence-electron chi connectivity index (χ2n) is 7.69. The summed E-state index contributed by atoms with van der Waals surface area (Å²) in [7, 11) is 1.47. The van der Waals surface area contributed by atoms with Gasteiger partial charge in [-0.2, -0.15) is 26.3 Å². The summed E-state index contributed by atoms with van der Waals surface area (Å²) in [6, 6.07) is 7.23. The van der Waals surface area contributed by atoms with E-state index in [9.17, 15) is 31.1 Å². The largest absolute Gasteiger partial charge is 0.433 e. The van der Waals surface area contributed by atoms with Gasteiger partial charge in [0.15, 0.2) is 0 Å². The molecule has 0 saturated heterocycles. The maximum atomic E-state index is 13.1. The van der Waals surface area contributed by atoms with Crippen molar-refractivity contribution in [3.8, 4) is 0 Å². The lowest BCUT2D eigenvalue weighted by Gasteiger charge is -2.36. The van der Waals surface area contributed by atoms with Gasteiger partial charge in [-0.3, -0.25) is 4.79 Å². The van der Waals surface area contributed by atoms with E-state index in [4.69, 9.17) is 11.6 Å². The third kappa shape index (κ3) is 5.85. The van der Waals surface area contributed by atoms with E-state index in [1.165, 1.54) is 11.9 Å². The highest BCUT2D eigenvalue weighted by Crippen LogP contribution is 2.37. The lowest BCUT2D eigenvalue weighted by molar-refractivity contribution is -0.150. The van der Waals surface area contributed by atoms with Gasteiger partial charge in [0.25, 0.3) is 5.91 Å². The highest BCUT2D eigenvalue weighted by atomic mass is 35.5. The van der Waals surface area contributed by atoms with Gasteiger partial charge in [-0.25, -0.2) is 4.98 Å². The van der Waals surface area contributed by atoms with Crippen molar-refractivity contribution in [3.63, 3.8) is 0 Å². The van der Waals surface area contributed by atoms with Crippen LogP contribution in [0.25, 0.3) is 0 Å². The number of benzene rings is 1. The third-order valence-corrected chi connectivity index (χ3v) is 5.74. The fourth-order valence-electron chi connectivity index (χ4n) is 3.70. The molecule has 1 heterocycles. The molecule has 0 unspecified atom stereocenters. The van der Waals surface area contributed by atoms with Crippen LogP contribution in [-0.4, -0.2) is 30.0 Å². The molecule has 1 aromatic heterocycles. The number of nitrogens with zero attached hydrogens (tertiary/aromatic N) is 2. The Morgan fingerprint density at radius 2 is 1.47 bits per heavy atom. The van der Waals surface area contributed by atoms with Gasteiger partial charge in [-0.05, 0) is 62.1 Å². The van der Waals surface area contributed by atoms with Gasteiger partial charge in [0.1, 0.15) is 11.4 Å². The van der Waals surface area contributed by atoms with E-state index in [2.05, 4.69) is 10.3 Å². The Bertz CT molecular complexity index is 921. The van der Waals surface area contributed by atoms with Crippen molar-refractivity contribution >= 4 is 23.2 Å². The molecule has 1 aliphatic carbocycles. The van der Waals surface area contributed by atoms with Gasteiger partial charge in [0.05, 0.1) is 0 Å². The molecule has 1 N–H and O–H groups in total. The average molecular weight is 480 g/mol. The van der Waals surface area contributed by atoms with Gasteiger partial charge in [0, 0.05) is 35.4 Å². The van der Waals surface area contributed by atoms with E-state index in [0.717, 1.165) is 0 Å². The minimum absolute atomic E-state index is 0.142. The van der Waals surface area contributed by atoms with E-state index >= 15 is 0 Å². The summed E-state index contributed by atoms with van der Waals surface area (Å²) in [6.07, 6.45) is -7.93. The van der Waals surface area contributed by atoms with Gasteiger partial charge >= 0.3 is 12.4 Å². The number of carbonyl (C=O) groups excluding carboxylic acids is 1. The smallest absolute Gasteiger partial charge is 0.371 e. The van der Waals surface area contributed by atoms with Crippen molar-refractivity contribution in [1.29, 1.82) is 0 Å². The number of anilines is 1. The Morgan fingerprint density at radius 1 is 0.969 bits per heavy atom. The summed E-state index contributed by atoms with van der Waals surface area (Å²) < 4.78 is 78.5. The summed E-state index contributed by atoms with van der Waals surface area (Å²) >= 11 is 5.81. The third-order valence-electron chi connectivity index (χ3n) is 5.48. The van der Waals surface area contributed by atoms with Crippen molar-refractivity contribution in [2.45, 2.75) is 50.1 Å². The first-order valence-corrected chi connectivity index (χ1v) is 10.2. The molecule has 1 aliphatic rings. The van der Waals surface area contributed by atoms with Crippen molar-refractivity contribution in [3.05, 3.63) is 58.4 Å². The molecule has 0 radical (unpaired) electrons. The van der Waals surface area contributed by atoms with Crippen LogP contribution in [0.3, 0.4) is 0 Å². The highest BCUT2D eigenvalue weighted by Gasteiger charge is 2.39. The molecule has 2 aromatic rings. The fraction of sp³-hybridized carbons (Fsp3) is 0.429. The van der Waals surface area contributed by atoms with Gasteiger partial charge in [0.2, 0.25) is 0 Å². The molecule has 32 heavy (non-hydrogen) atoms. The normalized spacial score (nSPS) is 19.5. The zero-order valence-electron chi connectivity index (χ0n) is 16.9. The van der Waals surface area contributed by atoms with E-state index in [-0.39, 0.29) is 23.7 Å². The molecule has 1 saturated carbocycles. The minimum Gasteiger partial charge on any atom is -0.371 e. The maximum Gasteiger partial charge on any atom is 0.433 e. The number of aromatic nitrogens is 1. The van der Waals surface area contributed by atoms with Crippen LogP contribution >= 0.6 is 11.6 Å².